The molecule has 1 saturated heterocycles. The van der Waals surface area contributed by atoms with Crippen LogP contribution in [0.2, 0.25) is 0 Å². The van der Waals surface area contributed by atoms with Gasteiger partial charge in [0.15, 0.2) is 0 Å². The number of likely N-dealkylation sites (tertiary alicyclic amines) is 1. The number of carbonyl (C=O) groups excluding carboxylic acids is 1. The molecule has 1 aliphatic carbocycles. The summed E-state index contributed by atoms with van der Waals surface area (Å²) in [4.78, 5) is 13.8. The molecule has 16 heavy (non-hydrogen) atoms. The number of amides is 1. The van der Waals surface area contributed by atoms with Crippen molar-refractivity contribution in [2.75, 3.05) is 0 Å². The molecule has 0 spiro atoms. The van der Waals surface area contributed by atoms with E-state index in [1.165, 1.54) is 0 Å². The van der Waals surface area contributed by atoms with Gasteiger partial charge in [-0.1, -0.05) is 0 Å². The summed E-state index contributed by atoms with van der Waals surface area (Å²) in [5.41, 5.74) is -0.447. The maximum Gasteiger partial charge on any atom is 0.410 e. The van der Waals surface area contributed by atoms with Crippen molar-refractivity contribution in [3.8, 4) is 0 Å². The van der Waals surface area contributed by atoms with E-state index in [-0.39, 0.29) is 30.2 Å². The third-order valence-corrected chi connectivity index (χ3v) is 3.61. The monoisotopic (exact) mass is 227 g/mol. The maximum absolute atomic E-state index is 12.0. The van der Waals surface area contributed by atoms with Gasteiger partial charge < -0.3 is 14.7 Å². The number of ether oxygens (including phenoxy) is 1. The smallest absolute Gasteiger partial charge is 0.410 e. The molecule has 2 bridgehead atoms. The van der Waals surface area contributed by atoms with Crippen LogP contribution in [0.25, 0.3) is 0 Å². The minimum absolute atomic E-state index is 0.101. The predicted molar refractivity (Wildman–Crippen MR) is 60.1 cm³/mol. The standard InChI is InChI=1S/C12H21NO3/c1-7-9-5-8(6-10(9)14)13(7)11(15)16-12(2,3)4/h7-10,14H,5-6H2,1-4H3. The highest BCUT2D eigenvalue weighted by molar-refractivity contribution is 5.69. The van der Waals surface area contributed by atoms with E-state index in [4.69, 9.17) is 4.74 Å². The first-order valence-corrected chi connectivity index (χ1v) is 5.99. The number of piperidine rings is 1. The van der Waals surface area contributed by atoms with Crippen LogP contribution in [0.15, 0.2) is 0 Å². The molecule has 1 amide bonds. The van der Waals surface area contributed by atoms with Crippen molar-refractivity contribution < 1.29 is 14.6 Å². The molecular weight excluding hydrogens is 206 g/mol. The highest BCUT2D eigenvalue weighted by Gasteiger charge is 2.51. The summed E-state index contributed by atoms with van der Waals surface area (Å²) in [6, 6.07) is 0.272. The summed E-state index contributed by atoms with van der Waals surface area (Å²) in [6.45, 7) is 7.62. The van der Waals surface area contributed by atoms with Crippen LogP contribution in [0.4, 0.5) is 4.79 Å². The molecule has 4 heteroatoms. The van der Waals surface area contributed by atoms with E-state index in [2.05, 4.69) is 0 Å². The van der Waals surface area contributed by atoms with Crippen molar-refractivity contribution in [1.82, 2.24) is 4.90 Å². The van der Waals surface area contributed by atoms with Crippen LogP contribution >= 0.6 is 0 Å². The van der Waals surface area contributed by atoms with Crippen molar-refractivity contribution in [1.29, 1.82) is 0 Å². The van der Waals surface area contributed by atoms with Crippen molar-refractivity contribution in [3.63, 3.8) is 0 Å². The summed E-state index contributed by atoms with van der Waals surface area (Å²) in [5.74, 6) is 0.234. The number of hydrogen-bond donors (Lipinski definition) is 1. The fourth-order valence-corrected chi connectivity index (χ4v) is 2.94. The third-order valence-electron chi connectivity index (χ3n) is 3.61. The number of rotatable bonds is 0. The lowest BCUT2D eigenvalue weighted by atomic mass is 9.98. The normalized spacial score (nSPS) is 37.9. The van der Waals surface area contributed by atoms with Crippen molar-refractivity contribution in [2.24, 2.45) is 5.92 Å². The Balaban J connectivity index is 2.04. The van der Waals surface area contributed by atoms with Crippen LogP contribution in [0, 0.1) is 5.92 Å². The van der Waals surface area contributed by atoms with E-state index >= 15 is 0 Å². The van der Waals surface area contributed by atoms with E-state index in [9.17, 15) is 9.90 Å². The van der Waals surface area contributed by atoms with Gasteiger partial charge in [-0.05, 0) is 40.5 Å². The van der Waals surface area contributed by atoms with Gasteiger partial charge in [0.2, 0.25) is 0 Å². The first-order valence-electron chi connectivity index (χ1n) is 5.99. The van der Waals surface area contributed by atoms with Crippen LogP contribution < -0.4 is 0 Å². The lowest BCUT2D eigenvalue weighted by Crippen LogP contribution is -2.49. The summed E-state index contributed by atoms with van der Waals surface area (Å²) < 4.78 is 5.39. The van der Waals surface area contributed by atoms with E-state index in [1.54, 1.807) is 0 Å². The number of aliphatic hydroxyl groups excluding tert-OH is 1. The van der Waals surface area contributed by atoms with Gasteiger partial charge in [0.05, 0.1) is 6.10 Å². The number of carbonyl (C=O) groups is 1. The Hall–Kier alpha value is -0.770. The van der Waals surface area contributed by atoms with Gasteiger partial charge in [0, 0.05) is 18.0 Å². The Bertz CT molecular complexity index is 295. The molecule has 2 aliphatic rings. The van der Waals surface area contributed by atoms with Crippen LogP contribution in [0.5, 0.6) is 0 Å². The van der Waals surface area contributed by atoms with Crippen LogP contribution in [-0.4, -0.2) is 39.9 Å². The molecule has 0 radical (unpaired) electrons. The van der Waals surface area contributed by atoms with E-state index in [0.29, 0.717) is 6.42 Å². The molecule has 2 fully saturated rings. The Labute approximate surface area is 96.6 Å². The van der Waals surface area contributed by atoms with Crippen LogP contribution in [0.1, 0.15) is 40.5 Å². The van der Waals surface area contributed by atoms with Crippen LogP contribution in [-0.2, 0) is 4.74 Å². The van der Waals surface area contributed by atoms with E-state index in [0.717, 1.165) is 6.42 Å². The maximum atomic E-state index is 12.0. The lowest BCUT2D eigenvalue weighted by molar-refractivity contribution is -0.00750. The van der Waals surface area contributed by atoms with Gasteiger partial charge in [-0.15, -0.1) is 0 Å². The van der Waals surface area contributed by atoms with Gasteiger partial charge >= 0.3 is 6.09 Å². The minimum atomic E-state index is -0.447. The number of nitrogens with zero attached hydrogens (tertiary/aromatic N) is 1. The largest absolute Gasteiger partial charge is 0.444 e. The predicted octanol–water partition coefficient (Wildman–Crippen LogP) is 1.77. The Kier molecular flexibility index (Phi) is 2.65. The fraction of sp³-hybridized carbons (Fsp3) is 0.917. The Morgan fingerprint density at radius 2 is 2.00 bits per heavy atom. The summed E-state index contributed by atoms with van der Waals surface area (Å²) in [5, 5.41) is 9.74. The quantitative estimate of drug-likeness (QED) is 0.686. The molecule has 1 heterocycles. The number of aliphatic hydroxyl groups is 1. The second kappa shape index (κ2) is 3.62. The highest BCUT2D eigenvalue weighted by atomic mass is 16.6. The van der Waals surface area contributed by atoms with E-state index < -0.39 is 5.60 Å². The molecule has 0 aromatic carbocycles. The van der Waals surface area contributed by atoms with Crippen molar-refractivity contribution >= 4 is 6.09 Å². The summed E-state index contributed by atoms with van der Waals surface area (Å²) in [6.07, 6.45) is 1.15. The molecule has 4 atom stereocenters. The molecule has 0 aromatic rings. The van der Waals surface area contributed by atoms with Gasteiger partial charge in [0.1, 0.15) is 5.60 Å². The summed E-state index contributed by atoms with van der Waals surface area (Å²) >= 11 is 0. The van der Waals surface area contributed by atoms with Gasteiger partial charge in [-0.3, -0.25) is 0 Å². The summed E-state index contributed by atoms with van der Waals surface area (Å²) in [7, 11) is 0. The highest BCUT2D eigenvalue weighted by Crippen LogP contribution is 2.42. The molecule has 1 aliphatic heterocycles. The van der Waals surface area contributed by atoms with Gasteiger partial charge in [-0.2, -0.15) is 0 Å². The van der Waals surface area contributed by atoms with Crippen molar-refractivity contribution in [2.45, 2.75) is 64.3 Å². The molecule has 2 rings (SSSR count). The first-order chi connectivity index (χ1) is 7.29. The van der Waals surface area contributed by atoms with E-state index in [1.807, 2.05) is 32.6 Å². The molecular formula is C12H21NO3. The third kappa shape index (κ3) is 1.90. The zero-order valence-electron chi connectivity index (χ0n) is 10.4. The van der Waals surface area contributed by atoms with Gasteiger partial charge in [-0.25, -0.2) is 4.79 Å². The fourth-order valence-electron chi connectivity index (χ4n) is 2.94. The number of fused-ring (bicyclic) bond motifs is 2. The molecule has 1 N–H and O–H groups in total. The molecule has 4 unspecified atom stereocenters. The topological polar surface area (TPSA) is 49.8 Å². The average molecular weight is 227 g/mol. The Morgan fingerprint density at radius 3 is 2.44 bits per heavy atom. The van der Waals surface area contributed by atoms with Crippen LogP contribution in [0.3, 0.4) is 0 Å². The zero-order chi connectivity index (χ0) is 12.1. The molecule has 0 aromatic heterocycles. The molecule has 1 saturated carbocycles. The molecule has 4 nitrogen and oxygen atoms in total. The average Bonchev–Trinajstić information content (AvgIpc) is 2.56. The second-order valence-corrected chi connectivity index (χ2v) is 5.98. The first kappa shape index (κ1) is 11.7. The lowest BCUT2D eigenvalue weighted by Gasteiger charge is -2.36. The van der Waals surface area contributed by atoms with Crippen molar-refractivity contribution in [3.05, 3.63) is 0 Å². The van der Waals surface area contributed by atoms with Gasteiger partial charge in [0.25, 0.3) is 0 Å². The molecule has 92 valence electrons. The SMILES string of the molecule is CC1C2CC(CC2O)N1C(=O)OC(C)(C)C. The minimum Gasteiger partial charge on any atom is -0.444 e. The Morgan fingerprint density at radius 1 is 1.38 bits per heavy atom. The zero-order valence-corrected chi connectivity index (χ0v) is 10.4. The second-order valence-electron chi connectivity index (χ2n) is 5.98. The number of hydrogen-bond acceptors (Lipinski definition) is 3.